The van der Waals surface area contributed by atoms with E-state index in [1.807, 2.05) is 13.8 Å². The summed E-state index contributed by atoms with van der Waals surface area (Å²) in [5.41, 5.74) is 0. The summed E-state index contributed by atoms with van der Waals surface area (Å²) < 4.78 is 15.1. The molecule has 136 valence electrons. The van der Waals surface area contributed by atoms with Crippen LogP contribution >= 0.6 is 0 Å². The van der Waals surface area contributed by atoms with E-state index in [1.165, 1.54) is 32.1 Å². The van der Waals surface area contributed by atoms with E-state index in [4.69, 9.17) is 14.2 Å². The minimum Gasteiger partial charge on any atom is -0.464 e. The second-order valence-electron chi connectivity index (χ2n) is 6.03. The van der Waals surface area contributed by atoms with Gasteiger partial charge < -0.3 is 14.2 Å². The van der Waals surface area contributed by atoms with E-state index in [9.17, 15) is 9.59 Å². The lowest BCUT2D eigenvalue weighted by atomic mass is 10.1. The lowest BCUT2D eigenvalue weighted by Gasteiger charge is -2.09. The van der Waals surface area contributed by atoms with Gasteiger partial charge in [-0.05, 0) is 12.3 Å². The third-order valence-corrected chi connectivity index (χ3v) is 3.68. The quantitative estimate of drug-likeness (QED) is 0.337. The minimum atomic E-state index is -0.440. The number of hydrogen-bond donors (Lipinski definition) is 0. The maximum absolute atomic E-state index is 11.4. The van der Waals surface area contributed by atoms with Crippen LogP contribution in [0.25, 0.3) is 0 Å². The molecule has 0 aromatic heterocycles. The highest BCUT2D eigenvalue weighted by Crippen LogP contribution is 2.06. The van der Waals surface area contributed by atoms with E-state index in [1.54, 1.807) is 0 Å². The monoisotopic (exact) mass is 330 g/mol. The van der Waals surface area contributed by atoms with Crippen LogP contribution < -0.4 is 0 Å². The summed E-state index contributed by atoms with van der Waals surface area (Å²) in [5, 5.41) is 0. The molecule has 0 aliphatic rings. The average molecular weight is 330 g/mol. The van der Waals surface area contributed by atoms with Gasteiger partial charge in [-0.3, -0.25) is 0 Å². The molecule has 1 unspecified atom stereocenters. The molecule has 0 N–H and O–H groups in total. The zero-order chi connectivity index (χ0) is 17.3. The molecular weight excluding hydrogens is 296 g/mol. The van der Waals surface area contributed by atoms with Crippen molar-refractivity contribution < 1.29 is 23.8 Å². The van der Waals surface area contributed by atoms with Gasteiger partial charge in [-0.2, -0.15) is 0 Å². The second kappa shape index (κ2) is 15.8. The largest absolute Gasteiger partial charge is 0.464 e. The maximum atomic E-state index is 11.4. The van der Waals surface area contributed by atoms with Gasteiger partial charge in [-0.15, -0.1) is 0 Å². The number of esters is 2. The summed E-state index contributed by atoms with van der Waals surface area (Å²) >= 11 is 0. The standard InChI is InChI=1S/C18H34O5/c1-4-6-7-8-9-10-11-12-22-17(19)14-21-15-18(20)23-13-16(3)5-2/h16H,4-15H2,1-3H3. The summed E-state index contributed by atoms with van der Waals surface area (Å²) in [5.74, 6) is -0.526. The number of carbonyl (C=O) groups is 2. The van der Waals surface area contributed by atoms with Crippen molar-refractivity contribution in [2.45, 2.75) is 72.1 Å². The SMILES string of the molecule is CCCCCCCCCOC(=O)COCC(=O)OCC(C)CC. The Morgan fingerprint density at radius 3 is 2.00 bits per heavy atom. The fourth-order valence-corrected chi connectivity index (χ4v) is 1.90. The van der Waals surface area contributed by atoms with Crippen LogP contribution in [-0.4, -0.2) is 38.4 Å². The van der Waals surface area contributed by atoms with Crippen LogP contribution in [0.5, 0.6) is 0 Å². The molecule has 0 rings (SSSR count). The average Bonchev–Trinajstić information content (AvgIpc) is 2.55. The van der Waals surface area contributed by atoms with Crippen molar-refractivity contribution in [3.05, 3.63) is 0 Å². The third kappa shape index (κ3) is 15.6. The highest BCUT2D eigenvalue weighted by atomic mass is 16.6. The summed E-state index contributed by atoms with van der Waals surface area (Å²) in [6, 6.07) is 0. The van der Waals surface area contributed by atoms with Crippen LogP contribution in [0.15, 0.2) is 0 Å². The van der Waals surface area contributed by atoms with Gasteiger partial charge in [-0.25, -0.2) is 9.59 Å². The number of hydrogen-bond acceptors (Lipinski definition) is 5. The van der Waals surface area contributed by atoms with Crippen LogP contribution in [0, 0.1) is 5.92 Å². The van der Waals surface area contributed by atoms with E-state index in [-0.39, 0.29) is 13.2 Å². The fourth-order valence-electron chi connectivity index (χ4n) is 1.90. The normalized spacial score (nSPS) is 12.0. The summed E-state index contributed by atoms with van der Waals surface area (Å²) in [6.45, 7) is 6.66. The van der Waals surface area contributed by atoms with Gasteiger partial charge >= 0.3 is 11.9 Å². The van der Waals surface area contributed by atoms with Crippen molar-refractivity contribution in [3.63, 3.8) is 0 Å². The zero-order valence-corrected chi connectivity index (χ0v) is 15.1. The molecule has 0 spiro atoms. The van der Waals surface area contributed by atoms with Gasteiger partial charge in [0, 0.05) is 0 Å². The van der Waals surface area contributed by atoms with Crippen molar-refractivity contribution in [2.24, 2.45) is 5.92 Å². The number of unbranched alkanes of at least 4 members (excludes halogenated alkanes) is 6. The van der Waals surface area contributed by atoms with Gasteiger partial charge in [0.25, 0.3) is 0 Å². The molecule has 0 aliphatic carbocycles. The predicted octanol–water partition coefficient (Wildman–Crippen LogP) is 3.89. The van der Waals surface area contributed by atoms with E-state index in [0.717, 1.165) is 19.3 Å². The zero-order valence-electron chi connectivity index (χ0n) is 15.1. The molecule has 1 atom stereocenters. The van der Waals surface area contributed by atoms with Crippen molar-refractivity contribution in [2.75, 3.05) is 26.4 Å². The molecule has 0 aromatic carbocycles. The Morgan fingerprint density at radius 1 is 0.826 bits per heavy atom. The Morgan fingerprint density at radius 2 is 1.39 bits per heavy atom. The maximum Gasteiger partial charge on any atom is 0.332 e. The molecule has 23 heavy (non-hydrogen) atoms. The highest BCUT2D eigenvalue weighted by molar-refractivity contribution is 5.73. The van der Waals surface area contributed by atoms with Crippen molar-refractivity contribution in [1.29, 1.82) is 0 Å². The molecule has 0 heterocycles. The lowest BCUT2D eigenvalue weighted by Crippen LogP contribution is -2.20. The molecule has 0 fully saturated rings. The van der Waals surface area contributed by atoms with Crippen LogP contribution in [-0.2, 0) is 23.8 Å². The number of rotatable bonds is 15. The van der Waals surface area contributed by atoms with E-state index < -0.39 is 11.9 Å². The molecule has 0 aliphatic heterocycles. The molecule has 5 nitrogen and oxygen atoms in total. The van der Waals surface area contributed by atoms with E-state index in [0.29, 0.717) is 19.1 Å². The van der Waals surface area contributed by atoms with Crippen molar-refractivity contribution >= 4 is 11.9 Å². The molecule has 0 aromatic rings. The first-order valence-electron chi connectivity index (χ1n) is 8.99. The van der Waals surface area contributed by atoms with Crippen LogP contribution in [0.4, 0.5) is 0 Å². The van der Waals surface area contributed by atoms with Crippen LogP contribution in [0.3, 0.4) is 0 Å². The highest BCUT2D eigenvalue weighted by Gasteiger charge is 2.08. The molecule has 0 saturated carbocycles. The number of ether oxygens (including phenoxy) is 3. The summed E-state index contributed by atoms with van der Waals surface area (Å²) in [7, 11) is 0. The van der Waals surface area contributed by atoms with Gasteiger partial charge in [0.05, 0.1) is 13.2 Å². The third-order valence-electron chi connectivity index (χ3n) is 3.68. The topological polar surface area (TPSA) is 61.8 Å². The first kappa shape index (κ1) is 21.9. The Bertz CT molecular complexity index is 304. The van der Waals surface area contributed by atoms with Crippen LogP contribution in [0.2, 0.25) is 0 Å². The first-order chi connectivity index (χ1) is 11.1. The van der Waals surface area contributed by atoms with Gasteiger partial charge in [0.15, 0.2) is 0 Å². The number of carbonyl (C=O) groups excluding carboxylic acids is 2. The minimum absolute atomic E-state index is 0.199. The Hall–Kier alpha value is -1.10. The Kier molecular flexibility index (Phi) is 15.0. The lowest BCUT2D eigenvalue weighted by molar-refractivity contribution is -0.156. The molecule has 5 heteroatoms. The molecule has 0 radical (unpaired) electrons. The molecule has 0 amide bonds. The van der Waals surface area contributed by atoms with Gasteiger partial charge in [0.2, 0.25) is 0 Å². The van der Waals surface area contributed by atoms with E-state index in [2.05, 4.69) is 6.92 Å². The van der Waals surface area contributed by atoms with Gasteiger partial charge in [0.1, 0.15) is 13.2 Å². The Balaban J connectivity index is 3.38. The molecule has 0 saturated heterocycles. The summed E-state index contributed by atoms with van der Waals surface area (Å²) in [6.07, 6.45) is 9.21. The van der Waals surface area contributed by atoms with Crippen LogP contribution in [0.1, 0.15) is 72.1 Å². The van der Waals surface area contributed by atoms with Crippen molar-refractivity contribution in [1.82, 2.24) is 0 Å². The first-order valence-corrected chi connectivity index (χ1v) is 8.99. The molecular formula is C18H34O5. The smallest absolute Gasteiger partial charge is 0.332 e. The fraction of sp³-hybridized carbons (Fsp3) is 0.889. The van der Waals surface area contributed by atoms with Crippen molar-refractivity contribution in [3.8, 4) is 0 Å². The summed E-state index contributed by atoms with van der Waals surface area (Å²) in [4.78, 5) is 22.8. The predicted molar refractivity (Wildman–Crippen MR) is 90.2 cm³/mol. The Labute approximate surface area is 141 Å². The second-order valence-corrected chi connectivity index (χ2v) is 6.03. The van der Waals surface area contributed by atoms with Gasteiger partial charge in [-0.1, -0.05) is 65.7 Å². The molecule has 0 bridgehead atoms. The van der Waals surface area contributed by atoms with E-state index >= 15 is 0 Å².